The number of imidazole rings is 1. The number of benzene rings is 2. The molecule has 1 amide bonds. The monoisotopic (exact) mass is 414 g/mol. The largest absolute Gasteiger partial charge is 0.325 e. The summed E-state index contributed by atoms with van der Waals surface area (Å²) in [6.07, 6.45) is 0. The van der Waals surface area contributed by atoms with Gasteiger partial charge in [0, 0.05) is 23.3 Å². The Morgan fingerprint density at radius 3 is 2.68 bits per heavy atom. The van der Waals surface area contributed by atoms with Crippen molar-refractivity contribution in [2.45, 2.75) is 5.16 Å². The Labute approximate surface area is 168 Å². The smallest absolute Gasteiger partial charge is 0.323 e. The van der Waals surface area contributed by atoms with Crippen LogP contribution in [0.1, 0.15) is 0 Å². The van der Waals surface area contributed by atoms with E-state index in [1.54, 1.807) is 30.3 Å². The van der Waals surface area contributed by atoms with Gasteiger partial charge in [-0.2, -0.15) is 0 Å². The van der Waals surface area contributed by atoms with Crippen LogP contribution >= 0.6 is 23.4 Å². The van der Waals surface area contributed by atoms with E-state index in [4.69, 9.17) is 11.6 Å². The number of amides is 1. The number of thioether (sulfide) groups is 1. The summed E-state index contributed by atoms with van der Waals surface area (Å²) < 4.78 is 1.83. The highest BCUT2D eigenvalue weighted by atomic mass is 35.5. The third-order valence-electron chi connectivity index (χ3n) is 4.07. The van der Waals surface area contributed by atoms with Crippen molar-refractivity contribution in [3.63, 3.8) is 0 Å². The fraction of sp³-hybridized carbons (Fsp3) is 0.111. The molecule has 2 aromatic heterocycles. The van der Waals surface area contributed by atoms with Gasteiger partial charge in [-0.1, -0.05) is 23.4 Å². The Morgan fingerprint density at radius 2 is 1.89 bits per heavy atom. The van der Waals surface area contributed by atoms with E-state index in [-0.39, 0.29) is 17.3 Å². The minimum atomic E-state index is -0.284. The van der Waals surface area contributed by atoms with Gasteiger partial charge >= 0.3 is 5.69 Å². The van der Waals surface area contributed by atoms with Gasteiger partial charge in [0.2, 0.25) is 5.91 Å². The number of hydrogen-bond donors (Lipinski definition) is 3. The van der Waals surface area contributed by atoms with Crippen LogP contribution < -0.4 is 11.0 Å². The van der Waals surface area contributed by atoms with Gasteiger partial charge in [-0.05, 0) is 42.5 Å². The number of carbonyl (C=O) groups is 1. The molecule has 8 nitrogen and oxygen atoms in total. The predicted octanol–water partition coefficient (Wildman–Crippen LogP) is 3.04. The fourth-order valence-corrected chi connectivity index (χ4v) is 3.57. The number of carbonyl (C=O) groups excluding carboxylic acids is 1. The number of aromatic amines is 2. The molecule has 28 heavy (non-hydrogen) atoms. The molecule has 4 aromatic rings. The second kappa shape index (κ2) is 7.53. The second-order valence-electron chi connectivity index (χ2n) is 6.05. The van der Waals surface area contributed by atoms with Gasteiger partial charge in [-0.25, -0.2) is 4.79 Å². The predicted molar refractivity (Wildman–Crippen MR) is 110 cm³/mol. The first-order valence-corrected chi connectivity index (χ1v) is 9.66. The highest BCUT2D eigenvalue weighted by molar-refractivity contribution is 7.99. The molecule has 0 bridgehead atoms. The van der Waals surface area contributed by atoms with E-state index in [1.807, 2.05) is 23.7 Å². The third-order valence-corrected chi connectivity index (χ3v) is 5.34. The fourth-order valence-electron chi connectivity index (χ4n) is 2.73. The van der Waals surface area contributed by atoms with Crippen molar-refractivity contribution in [1.29, 1.82) is 0 Å². The minimum Gasteiger partial charge on any atom is -0.325 e. The lowest BCUT2D eigenvalue weighted by Gasteiger charge is -2.06. The van der Waals surface area contributed by atoms with Crippen molar-refractivity contribution in [3.05, 3.63) is 58.0 Å². The number of rotatable bonds is 5. The van der Waals surface area contributed by atoms with Crippen LogP contribution in [0.25, 0.3) is 22.4 Å². The zero-order chi connectivity index (χ0) is 19.7. The number of halogens is 1. The number of hydrogen-bond acceptors (Lipinski definition) is 5. The van der Waals surface area contributed by atoms with Crippen LogP contribution in [0.4, 0.5) is 5.69 Å². The standard InChI is InChI=1S/C18H15ClN6O2S/c1-25-16(10-2-4-11(19)5-3-10)23-24-18(25)28-9-15(26)20-12-6-7-13-14(8-12)22-17(27)21-13/h2-8H,9H2,1H3,(H,20,26)(H2,21,22,27). The van der Waals surface area contributed by atoms with Gasteiger partial charge in [0.15, 0.2) is 11.0 Å². The maximum Gasteiger partial charge on any atom is 0.323 e. The van der Waals surface area contributed by atoms with Crippen LogP contribution in [-0.4, -0.2) is 36.4 Å². The van der Waals surface area contributed by atoms with Gasteiger partial charge in [-0.15, -0.1) is 10.2 Å². The maximum absolute atomic E-state index is 12.3. The molecule has 2 aromatic carbocycles. The van der Waals surface area contributed by atoms with Crippen molar-refractivity contribution in [2.24, 2.45) is 7.05 Å². The summed E-state index contributed by atoms with van der Waals surface area (Å²) in [5.41, 5.74) is 2.54. The molecule has 4 rings (SSSR count). The number of fused-ring (bicyclic) bond motifs is 1. The van der Waals surface area contributed by atoms with Crippen LogP contribution in [0, 0.1) is 0 Å². The first-order chi connectivity index (χ1) is 13.5. The van der Waals surface area contributed by atoms with Crippen LogP contribution in [0.5, 0.6) is 0 Å². The molecule has 0 aliphatic heterocycles. The van der Waals surface area contributed by atoms with Crippen LogP contribution in [-0.2, 0) is 11.8 Å². The average Bonchev–Trinajstić information content (AvgIpc) is 3.22. The molecule has 10 heteroatoms. The lowest BCUT2D eigenvalue weighted by molar-refractivity contribution is -0.113. The molecular weight excluding hydrogens is 400 g/mol. The second-order valence-corrected chi connectivity index (χ2v) is 7.43. The lowest BCUT2D eigenvalue weighted by Crippen LogP contribution is -2.14. The molecule has 0 saturated carbocycles. The summed E-state index contributed by atoms with van der Waals surface area (Å²) >= 11 is 7.21. The van der Waals surface area contributed by atoms with Gasteiger partial charge in [0.05, 0.1) is 16.8 Å². The SMILES string of the molecule is Cn1c(SCC(=O)Nc2ccc3[nH]c(=O)[nH]c3c2)nnc1-c1ccc(Cl)cc1. The molecule has 0 atom stereocenters. The van der Waals surface area contributed by atoms with E-state index < -0.39 is 0 Å². The molecule has 0 saturated heterocycles. The Balaban J connectivity index is 1.41. The topological polar surface area (TPSA) is 108 Å². The van der Waals surface area contributed by atoms with Crippen molar-refractivity contribution in [2.75, 3.05) is 11.1 Å². The van der Waals surface area contributed by atoms with Crippen LogP contribution in [0.2, 0.25) is 5.02 Å². The Bertz CT molecular complexity index is 1210. The first kappa shape index (κ1) is 18.3. The average molecular weight is 415 g/mol. The van der Waals surface area contributed by atoms with Gasteiger partial charge in [0.1, 0.15) is 0 Å². The van der Waals surface area contributed by atoms with Crippen LogP contribution in [0.15, 0.2) is 52.4 Å². The zero-order valence-corrected chi connectivity index (χ0v) is 16.3. The van der Waals surface area contributed by atoms with Crippen molar-refractivity contribution in [3.8, 4) is 11.4 Å². The van der Waals surface area contributed by atoms with E-state index in [0.717, 1.165) is 5.56 Å². The van der Waals surface area contributed by atoms with Crippen molar-refractivity contribution < 1.29 is 4.79 Å². The molecule has 3 N–H and O–H groups in total. The Morgan fingerprint density at radius 1 is 1.14 bits per heavy atom. The van der Waals surface area contributed by atoms with Gasteiger partial charge in [-0.3, -0.25) is 4.79 Å². The number of anilines is 1. The molecule has 2 heterocycles. The molecular formula is C18H15ClN6O2S. The summed E-state index contributed by atoms with van der Waals surface area (Å²) in [6, 6.07) is 12.5. The number of nitrogens with one attached hydrogen (secondary N) is 3. The highest BCUT2D eigenvalue weighted by Crippen LogP contribution is 2.24. The summed E-state index contributed by atoms with van der Waals surface area (Å²) in [5, 5.41) is 12.4. The molecule has 0 aliphatic carbocycles. The van der Waals surface area contributed by atoms with Crippen LogP contribution in [0.3, 0.4) is 0 Å². The highest BCUT2D eigenvalue weighted by Gasteiger charge is 2.13. The summed E-state index contributed by atoms with van der Waals surface area (Å²) in [4.78, 5) is 28.9. The summed E-state index contributed by atoms with van der Waals surface area (Å²) in [5.74, 6) is 0.689. The van der Waals surface area contributed by atoms with Gasteiger partial charge in [0.25, 0.3) is 0 Å². The normalized spacial score (nSPS) is 11.1. The van der Waals surface area contributed by atoms with E-state index >= 15 is 0 Å². The number of nitrogens with zero attached hydrogens (tertiary/aromatic N) is 3. The molecule has 0 fully saturated rings. The van der Waals surface area contributed by atoms with E-state index in [0.29, 0.717) is 32.7 Å². The van der Waals surface area contributed by atoms with E-state index in [2.05, 4.69) is 25.5 Å². The number of aromatic nitrogens is 5. The Kier molecular flexibility index (Phi) is 4.93. The molecule has 142 valence electrons. The van der Waals surface area contributed by atoms with Crippen molar-refractivity contribution >= 4 is 46.0 Å². The molecule has 0 radical (unpaired) electrons. The quantitative estimate of drug-likeness (QED) is 0.435. The molecule has 0 unspecified atom stereocenters. The first-order valence-electron chi connectivity index (χ1n) is 8.29. The van der Waals surface area contributed by atoms with E-state index in [9.17, 15) is 9.59 Å². The van der Waals surface area contributed by atoms with E-state index in [1.165, 1.54) is 11.8 Å². The summed E-state index contributed by atoms with van der Waals surface area (Å²) in [6.45, 7) is 0. The maximum atomic E-state index is 12.3. The molecule has 0 spiro atoms. The summed E-state index contributed by atoms with van der Waals surface area (Å²) in [7, 11) is 1.85. The third kappa shape index (κ3) is 3.80. The van der Waals surface area contributed by atoms with Crippen molar-refractivity contribution in [1.82, 2.24) is 24.7 Å². The Hall–Kier alpha value is -3.04. The number of H-pyrrole nitrogens is 2. The molecule has 0 aliphatic rings. The minimum absolute atomic E-state index is 0.175. The van der Waals surface area contributed by atoms with Gasteiger partial charge < -0.3 is 19.9 Å². The zero-order valence-electron chi connectivity index (χ0n) is 14.7. The lowest BCUT2D eigenvalue weighted by atomic mass is 10.2.